The van der Waals surface area contributed by atoms with Crippen molar-refractivity contribution in [2.24, 2.45) is 5.73 Å². The number of aromatic nitrogens is 12. The molecule has 1 amide bonds. The van der Waals surface area contributed by atoms with Crippen molar-refractivity contribution in [2.45, 2.75) is 83.5 Å². The number of halogens is 1. The minimum Gasteiger partial charge on any atom is -0.508 e. The van der Waals surface area contributed by atoms with Crippen LogP contribution in [-0.4, -0.2) is 190 Å². The highest BCUT2D eigenvalue weighted by Gasteiger charge is 2.29. The first-order valence-electron chi connectivity index (χ1n) is 41.6. The lowest BCUT2D eigenvalue weighted by Gasteiger charge is -2.19. The number of aromatic hydroxyl groups is 1. The Morgan fingerprint density at radius 2 is 0.746 bits per heavy atom. The van der Waals surface area contributed by atoms with Crippen molar-refractivity contribution in [1.29, 1.82) is 5.26 Å². The minimum atomic E-state index is -1.23. The van der Waals surface area contributed by atoms with Crippen LogP contribution >= 0.6 is 61.3 Å². The molecular weight excluding hydrogens is 1910 g/mol. The zero-order valence-electron chi connectivity index (χ0n) is 75.8. The molecule has 0 radical (unpaired) electrons. The Bertz CT molecular complexity index is 6420. The van der Waals surface area contributed by atoms with Gasteiger partial charge < -0.3 is 75.9 Å². The average molecular weight is 2010 g/mol. The van der Waals surface area contributed by atoms with Crippen LogP contribution in [0.2, 0.25) is 77.1 Å². The summed E-state index contributed by atoms with van der Waals surface area (Å²) in [6, 6.07) is 57.1. The lowest BCUT2D eigenvalue weighted by Crippen LogP contribution is -2.25. The number of nitriles is 1. The summed E-state index contributed by atoms with van der Waals surface area (Å²) < 4.78 is 83.5. The maximum Gasteiger partial charge on any atom is 0.357 e. The number of primary amides is 1. The van der Waals surface area contributed by atoms with Crippen LogP contribution in [0.5, 0.6) is 46.0 Å². The molecule has 0 aliphatic heterocycles. The van der Waals surface area contributed by atoms with Crippen molar-refractivity contribution in [3.63, 3.8) is 0 Å². The number of nitrogens with two attached hydrogens (primary N) is 1. The predicted molar refractivity (Wildman–Crippen MR) is 530 cm³/mol. The highest BCUT2D eigenvalue weighted by molar-refractivity contribution is 9.09. The van der Waals surface area contributed by atoms with Gasteiger partial charge in [-0.2, -0.15) is 5.26 Å². The molecule has 0 atom stereocenters. The van der Waals surface area contributed by atoms with Crippen LogP contribution in [0.1, 0.15) is 10.9 Å². The highest BCUT2D eigenvalue weighted by Crippen LogP contribution is 2.42. The molecule has 8 aromatic heterocycles. The lowest BCUT2D eigenvalue weighted by molar-refractivity contribution is -0.119. The molecule has 0 bridgehead atoms. The van der Waals surface area contributed by atoms with Gasteiger partial charge in [0.1, 0.15) is 93.3 Å². The number of thiazole rings is 4. The molecule has 35 nitrogen and oxygen atoms in total. The van der Waals surface area contributed by atoms with Crippen molar-refractivity contribution in [1.82, 2.24) is 60.7 Å². The number of phenols is 1. The molecule has 0 fully saturated rings. The maximum atomic E-state index is 10.8. The minimum absolute atomic E-state index is 0.0241. The fourth-order valence-corrected chi connectivity index (χ4v) is 18.1. The molecule has 16 aromatic rings. The van der Waals surface area contributed by atoms with Crippen molar-refractivity contribution in [3.8, 4) is 97.9 Å². The second-order valence-electron chi connectivity index (χ2n) is 32.5. The smallest absolute Gasteiger partial charge is 0.357 e. The van der Waals surface area contributed by atoms with Crippen molar-refractivity contribution < 1.29 is 74.9 Å². The number of fused-ring (bicyclic) bond motifs is 4. The fourth-order valence-electron chi connectivity index (χ4n) is 11.9. The molecule has 8 aromatic carbocycles. The molecule has 696 valence electrons. The molecule has 43 heteroatoms. The normalized spacial score (nSPS) is 11.2. The van der Waals surface area contributed by atoms with E-state index in [0.717, 1.165) is 86.4 Å². The maximum absolute atomic E-state index is 10.8. The standard InChI is InChI=1S/2C24H27N5O4SSi.C22H26N4O4SSi.C19H16N4O4S.C2H2BrN/c2*1-25-15-32-18-11-9-17(10-12-18)22-27-28-23(33-22)29(16-31-13-14-35(3,4)5)24-26-21-19(30-2)7-6-8-20(21)34-24;1-28-17-6-5-7-18-19(17)23-22(31-18)26(14-29-12-13-32(2,3)4)21-25-24-20(30-21)15-8-10-16(27)11-9-15;1-25-13-3-2-4-14-18(13)21-17(28-14)9-16-22-23-19(27-16)11-5-7-12(8-6-11)26-10-15(20)24;3-1-2-4/h2*6-12H,13-16H2,2-5H3;5-11,27H,12-14H2,1-4H3;2-8H,9-10H2,1H3,(H2,20,24);1H2. The Morgan fingerprint density at radius 3 is 1.06 bits per heavy atom. The first-order valence-corrected chi connectivity index (χ1v) is 57.1. The van der Waals surface area contributed by atoms with Gasteiger partial charge in [-0.3, -0.25) is 14.5 Å². The lowest BCUT2D eigenvalue weighted by atomic mass is 10.2. The molecule has 0 saturated carbocycles. The molecule has 8 heterocycles. The summed E-state index contributed by atoms with van der Waals surface area (Å²) in [7, 11) is 2.85. The number of benzene rings is 8. The Kier molecular flexibility index (Phi) is 35.6. The Balaban J connectivity index is 0.000000159. The van der Waals surface area contributed by atoms with Crippen LogP contribution in [0, 0.1) is 24.5 Å². The molecule has 16 rings (SSSR count). The summed E-state index contributed by atoms with van der Waals surface area (Å²) in [5, 5.41) is 54.1. The number of amides is 1. The Hall–Kier alpha value is -13.4. The molecule has 3 N–H and O–H groups in total. The van der Waals surface area contributed by atoms with Gasteiger partial charge in [0, 0.05) is 66.3 Å². The van der Waals surface area contributed by atoms with Gasteiger partial charge in [-0.05, 0) is 164 Å². The van der Waals surface area contributed by atoms with Gasteiger partial charge in [0.2, 0.25) is 29.5 Å². The summed E-state index contributed by atoms with van der Waals surface area (Å²) in [5.41, 5.74) is 11.2. The molecule has 0 saturated heterocycles. The van der Waals surface area contributed by atoms with E-state index < -0.39 is 30.1 Å². The van der Waals surface area contributed by atoms with E-state index in [2.05, 4.69) is 130 Å². The highest BCUT2D eigenvalue weighted by atomic mass is 79.9. The van der Waals surface area contributed by atoms with Crippen LogP contribution in [0.3, 0.4) is 0 Å². The van der Waals surface area contributed by atoms with Crippen molar-refractivity contribution >= 4 is 166 Å². The Morgan fingerprint density at radius 1 is 0.440 bits per heavy atom. The van der Waals surface area contributed by atoms with E-state index in [9.17, 15) is 9.90 Å². The number of carbonyl (C=O) groups is 1. The number of rotatable bonds is 38. The van der Waals surface area contributed by atoms with Crippen LogP contribution in [0.15, 0.2) is 188 Å². The van der Waals surface area contributed by atoms with Crippen molar-refractivity contribution in [2.75, 3.05) is 109 Å². The van der Waals surface area contributed by atoms with E-state index in [1.807, 2.05) is 103 Å². The van der Waals surface area contributed by atoms with Crippen LogP contribution in [0.4, 0.5) is 33.4 Å². The zero-order valence-corrected chi connectivity index (χ0v) is 83.6. The van der Waals surface area contributed by atoms with Gasteiger partial charge in [-0.25, -0.2) is 47.8 Å². The number of hydrogen-bond donors (Lipinski definition) is 2. The van der Waals surface area contributed by atoms with Gasteiger partial charge in [0.05, 0.1) is 65.1 Å². The summed E-state index contributed by atoms with van der Waals surface area (Å²) in [6.07, 6.45) is 0.440. The van der Waals surface area contributed by atoms with Gasteiger partial charge >= 0.3 is 31.5 Å². The summed E-state index contributed by atoms with van der Waals surface area (Å²) in [5.74, 6) is 6.19. The molecule has 0 aliphatic carbocycles. The number of alkyl halides is 1. The molecule has 134 heavy (non-hydrogen) atoms. The number of anilines is 6. The monoisotopic (exact) mass is 2000 g/mol. The molecular formula is C91H98BrN19O16S4Si3. The second-order valence-corrected chi connectivity index (χ2v) is 54.1. The number of phenolic OH excluding ortho intramolecular Hbond substituents is 1. The van der Waals surface area contributed by atoms with Crippen LogP contribution in [0.25, 0.3) is 96.4 Å². The van der Waals surface area contributed by atoms with E-state index in [1.165, 1.54) is 34.0 Å². The van der Waals surface area contributed by atoms with Gasteiger partial charge in [0.25, 0.3) is 5.91 Å². The fraction of sp³-hybridized carbons (Fsp3) is 0.297. The number of hydrogen-bond acceptors (Lipinski definition) is 36. The third kappa shape index (κ3) is 28.3. The van der Waals surface area contributed by atoms with Crippen LogP contribution in [-0.2, 0) is 25.4 Å². The number of para-hydroxylation sites is 4. The average Bonchev–Trinajstić information content (AvgIpc) is 1.66. The third-order valence-corrected chi connectivity index (χ3v) is 28.4. The van der Waals surface area contributed by atoms with E-state index in [-0.39, 0.29) is 46.0 Å². The third-order valence-electron chi connectivity index (χ3n) is 18.9. The van der Waals surface area contributed by atoms with E-state index in [4.69, 9.17) is 104 Å². The molecule has 0 aliphatic rings. The van der Waals surface area contributed by atoms with E-state index in [0.29, 0.717) is 135 Å². The second kappa shape index (κ2) is 47.8. The number of nitrogens with zero attached hydrogens (tertiary/aromatic N) is 18. The Labute approximate surface area is 800 Å². The van der Waals surface area contributed by atoms with E-state index >= 15 is 0 Å². The molecule has 0 spiro atoms. The summed E-state index contributed by atoms with van der Waals surface area (Å²) in [6.45, 7) is 36.9. The number of ether oxygens (including phenoxy) is 10. The largest absolute Gasteiger partial charge is 0.508 e. The van der Waals surface area contributed by atoms with Crippen molar-refractivity contribution in [3.05, 3.63) is 204 Å². The first kappa shape index (κ1) is 99.6. The quantitative estimate of drug-likeness (QED) is 0.0119. The van der Waals surface area contributed by atoms with Gasteiger partial charge in [-0.1, -0.05) is 148 Å². The zero-order chi connectivity index (χ0) is 95.3. The summed E-state index contributed by atoms with van der Waals surface area (Å²) >= 11 is 8.96. The van der Waals surface area contributed by atoms with Crippen LogP contribution < -0.4 is 53.6 Å². The van der Waals surface area contributed by atoms with E-state index in [1.54, 1.807) is 127 Å². The predicted octanol–water partition coefficient (Wildman–Crippen LogP) is 21.3. The number of methoxy groups -OCH3 is 4. The topological polar surface area (TPSA) is 405 Å². The molecule has 0 unspecified atom stereocenters. The van der Waals surface area contributed by atoms with Gasteiger partial charge in [-0.15, -0.1) is 36.8 Å². The summed E-state index contributed by atoms with van der Waals surface area (Å²) in [4.78, 5) is 41.5. The van der Waals surface area contributed by atoms with Gasteiger partial charge in [0.15, 0.2) is 22.0 Å². The number of carbonyl (C=O) groups excluding carboxylic acids is 1. The SMILES string of the molecule is COc1cccc2sc(Cc3nnc(-c4ccc(OCC(N)=O)cc4)o3)nc12.COc1cccc2sc(N(COCC[Si](C)(C)C)c3nnc(-c4ccc(O)cc4)o3)nc12.N#CCBr.[C-]#[N+]COc1ccc(-c2nnc(N(COCC[Si](C)(C)C)c3nc4c(OC)cccc4s3)o2)cc1.[C-]#[N+]COc1ccc(-c2nnc(N(COCC[Si](C)(C)C)c3nc4c(OC)cccc4s3)o2)cc1. The first-order chi connectivity index (χ1) is 64.6.